The zero-order valence-electron chi connectivity index (χ0n) is 13.5. The van der Waals surface area contributed by atoms with Gasteiger partial charge in [-0.2, -0.15) is 0 Å². The van der Waals surface area contributed by atoms with Gasteiger partial charge in [0.25, 0.3) is 0 Å². The topological polar surface area (TPSA) is 84.5 Å². The van der Waals surface area contributed by atoms with Crippen LogP contribution in [-0.4, -0.2) is 43.8 Å². The molecule has 1 heterocycles. The van der Waals surface area contributed by atoms with Gasteiger partial charge < -0.3 is 15.2 Å². The van der Waals surface area contributed by atoms with Crippen LogP contribution >= 0.6 is 0 Å². The molecule has 6 nitrogen and oxygen atoms in total. The minimum atomic E-state index is -2.19. The van der Waals surface area contributed by atoms with E-state index in [1.54, 1.807) is 0 Å². The molecule has 1 aliphatic heterocycles. The van der Waals surface area contributed by atoms with Crippen molar-refractivity contribution in [1.29, 1.82) is 0 Å². The fraction of sp³-hybridized carbons (Fsp3) is 0.938. The second-order valence-electron chi connectivity index (χ2n) is 8.24. The van der Waals surface area contributed by atoms with Gasteiger partial charge in [0.1, 0.15) is 0 Å². The van der Waals surface area contributed by atoms with Crippen molar-refractivity contribution in [3.8, 4) is 0 Å². The third kappa shape index (κ3) is 3.28. The van der Waals surface area contributed by atoms with Crippen LogP contribution in [0.5, 0.6) is 0 Å². The maximum Gasteiger partial charge on any atom is 0.315 e. The highest BCUT2D eigenvalue weighted by Crippen LogP contribution is 2.55. The number of rotatable bonds is 3. The first-order valence-electron chi connectivity index (χ1n) is 8.94. The quantitative estimate of drug-likeness (QED) is 0.764. The minimum absolute atomic E-state index is 0.00847. The van der Waals surface area contributed by atoms with Crippen molar-refractivity contribution in [2.75, 3.05) is 13.1 Å². The van der Waals surface area contributed by atoms with Gasteiger partial charge in [-0.1, -0.05) is 0 Å². The van der Waals surface area contributed by atoms with Crippen LogP contribution in [-0.2, 0) is 11.3 Å². The number of nitrogens with zero attached hydrogens (tertiary/aromatic N) is 1. The van der Waals surface area contributed by atoms with E-state index in [-0.39, 0.29) is 17.6 Å². The molecule has 4 saturated carbocycles. The van der Waals surface area contributed by atoms with E-state index in [9.17, 15) is 13.6 Å². The van der Waals surface area contributed by atoms with Gasteiger partial charge in [-0.3, -0.25) is 4.21 Å². The average molecular weight is 340 g/mol. The van der Waals surface area contributed by atoms with Crippen LogP contribution in [0.3, 0.4) is 0 Å². The standard InChI is InChI=1S/C16H27N3O3S/c20-15(17-14-2-1-3-19(10-14)23(21)22)18-16-7-11-4-12(8-16)6-13(5-11)9-16/h11-14H,1-10H2,(H,21,22)(H2,17,18,20)/p-1. The van der Waals surface area contributed by atoms with Crippen LogP contribution in [0.25, 0.3) is 0 Å². The molecule has 0 spiro atoms. The zero-order valence-corrected chi connectivity index (χ0v) is 14.3. The van der Waals surface area contributed by atoms with E-state index in [1.807, 2.05) is 0 Å². The van der Waals surface area contributed by atoms with Crippen molar-refractivity contribution in [2.45, 2.75) is 62.9 Å². The van der Waals surface area contributed by atoms with E-state index in [2.05, 4.69) is 10.6 Å². The minimum Gasteiger partial charge on any atom is -0.760 e. The Morgan fingerprint density at radius 1 is 1.13 bits per heavy atom. The fourth-order valence-corrected chi connectivity index (χ4v) is 6.50. The van der Waals surface area contributed by atoms with Crippen LogP contribution in [0, 0.1) is 17.8 Å². The highest BCUT2D eigenvalue weighted by Gasteiger charge is 2.51. The number of amides is 2. The lowest BCUT2D eigenvalue weighted by Gasteiger charge is -2.56. The number of piperidine rings is 1. The van der Waals surface area contributed by atoms with Crippen molar-refractivity contribution in [3.63, 3.8) is 0 Å². The van der Waals surface area contributed by atoms with Gasteiger partial charge in [0.15, 0.2) is 0 Å². The summed E-state index contributed by atoms with van der Waals surface area (Å²) in [4.78, 5) is 12.5. The van der Waals surface area contributed by atoms with Crippen LogP contribution in [0.2, 0.25) is 0 Å². The number of hydrogen-bond acceptors (Lipinski definition) is 3. The molecular formula is C16H26N3O3S-. The number of carbonyl (C=O) groups excluding carboxylic acids is 1. The first-order valence-corrected chi connectivity index (χ1v) is 9.97. The largest absolute Gasteiger partial charge is 0.760 e. The first kappa shape index (κ1) is 15.8. The Balaban J connectivity index is 1.34. The molecule has 5 rings (SSSR count). The SMILES string of the molecule is O=C(NC1CCCN(S(=O)[O-])C1)NC12CC3CC(CC(C3)C1)C2. The molecule has 1 saturated heterocycles. The Hall–Kier alpha value is -0.660. The molecule has 5 aliphatic rings. The molecule has 4 aliphatic carbocycles. The van der Waals surface area contributed by atoms with E-state index in [0.717, 1.165) is 49.9 Å². The summed E-state index contributed by atoms with van der Waals surface area (Å²) >= 11 is -2.19. The van der Waals surface area contributed by atoms with Gasteiger partial charge in [0.05, 0.1) is 0 Å². The maximum absolute atomic E-state index is 12.5. The third-order valence-corrected chi connectivity index (χ3v) is 7.10. The average Bonchev–Trinajstić information content (AvgIpc) is 2.45. The Labute approximate surface area is 140 Å². The van der Waals surface area contributed by atoms with Crippen molar-refractivity contribution in [3.05, 3.63) is 0 Å². The fourth-order valence-electron chi connectivity index (χ4n) is 5.92. The molecule has 23 heavy (non-hydrogen) atoms. The predicted molar refractivity (Wildman–Crippen MR) is 86.1 cm³/mol. The Morgan fingerprint density at radius 3 is 2.30 bits per heavy atom. The van der Waals surface area contributed by atoms with Crippen molar-refractivity contribution in [1.82, 2.24) is 14.9 Å². The van der Waals surface area contributed by atoms with E-state index >= 15 is 0 Å². The molecule has 2 amide bonds. The van der Waals surface area contributed by atoms with Gasteiger partial charge in [-0.25, -0.2) is 9.10 Å². The lowest BCUT2D eigenvalue weighted by atomic mass is 9.53. The molecule has 0 aromatic rings. The zero-order chi connectivity index (χ0) is 16.0. The number of nitrogens with one attached hydrogen (secondary N) is 2. The number of hydrogen-bond donors (Lipinski definition) is 2. The van der Waals surface area contributed by atoms with E-state index in [1.165, 1.54) is 23.6 Å². The lowest BCUT2D eigenvalue weighted by Crippen LogP contribution is -2.62. The predicted octanol–water partition coefficient (Wildman–Crippen LogP) is 1.51. The van der Waals surface area contributed by atoms with Crippen molar-refractivity contribution >= 4 is 17.3 Å². The second kappa shape index (κ2) is 6.01. The monoisotopic (exact) mass is 340 g/mol. The molecule has 0 radical (unpaired) electrons. The molecule has 5 fully saturated rings. The van der Waals surface area contributed by atoms with E-state index < -0.39 is 11.3 Å². The normalized spacial score (nSPS) is 44.0. The molecule has 0 aromatic carbocycles. The molecule has 7 heteroatoms. The summed E-state index contributed by atoms with van der Waals surface area (Å²) < 4.78 is 23.6. The third-order valence-electron chi connectivity index (χ3n) is 6.35. The van der Waals surface area contributed by atoms with Gasteiger partial charge in [0.2, 0.25) is 0 Å². The van der Waals surface area contributed by atoms with Gasteiger partial charge in [-0.15, -0.1) is 0 Å². The lowest BCUT2D eigenvalue weighted by molar-refractivity contribution is -0.0137. The molecule has 2 N–H and O–H groups in total. The summed E-state index contributed by atoms with van der Waals surface area (Å²) in [7, 11) is 0. The Morgan fingerprint density at radius 2 is 1.74 bits per heavy atom. The summed E-state index contributed by atoms with van der Waals surface area (Å²) in [6.07, 6.45) is 9.12. The summed E-state index contributed by atoms with van der Waals surface area (Å²) in [5, 5.41) is 6.31. The molecular weight excluding hydrogens is 314 g/mol. The highest BCUT2D eigenvalue weighted by molar-refractivity contribution is 7.76. The van der Waals surface area contributed by atoms with Crippen LogP contribution in [0.4, 0.5) is 4.79 Å². The second-order valence-corrected chi connectivity index (χ2v) is 9.19. The molecule has 2 unspecified atom stereocenters. The first-order chi connectivity index (χ1) is 11.0. The molecule has 4 bridgehead atoms. The Kier molecular flexibility index (Phi) is 4.14. The van der Waals surface area contributed by atoms with Crippen LogP contribution in [0.1, 0.15) is 51.4 Å². The van der Waals surface area contributed by atoms with Gasteiger partial charge in [-0.05, 0) is 69.1 Å². The molecule has 130 valence electrons. The Bertz CT molecular complexity index is 478. The van der Waals surface area contributed by atoms with E-state index in [0.29, 0.717) is 13.1 Å². The number of urea groups is 1. The van der Waals surface area contributed by atoms with Crippen molar-refractivity contribution < 1.29 is 13.6 Å². The van der Waals surface area contributed by atoms with Gasteiger partial charge in [0, 0.05) is 35.9 Å². The highest BCUT2D eigenvalue weighted by atomic mass is 32.2. The summed E-state index contributed by atoms with van der Waals surface area (Å²) in [6.45, 7) is 0.954. The molecule has 0 aromatic heterocycles. The summed E-state index contributed by atoms with van der Waals surface area (Å²) in [5.74, 6) is 2.40. The summed E-state index contributed by atoms with van der Waals surface area (Å²) in [6, 6.07) is -0.175. The van der Waals surface area contributed by atoms with Crippen LogP contribution in [0.15, 0.2) is 0 Å². The van der Waals surface area contributed by atoms with Gasteiger partial charge >= 0.3 is 6.03 Å². The summed E-state index contributed by atoms with van der Waals surface area (Å²) in [5.41, 5.74) is 0.00847. The molecule has 2 atom stereocenters. The smallest absolute Gasteiger partial charge is 0.315 e. The number of carbonyl (C=O) groups is 1. The van der Waals surface area contributed by atoms with Crippen LogP contribution < -0.4 is 10.6 Å². The van der Waals surface area contributed by atoms with E-state index in [4.69, 9.17) is 0 Å². The van der Waals surface area contributed by atoms with Crippen molar-refractivity contribution in [2.24, 2.45) is 17.8 Å². The maximum atomic E-state index is 12.5.